The fraction of sp³-hybridized carbons (Fsp3) is 1.00. The summed E-state index contributed by atoms with van der Waals surface area (Å²) in [6.45, 7) is 1.75. The summed E-state index contributed by atoms with van der Waals surface area (Å²) in [7, 11) is 1.51. The Morgan fingerprint density at radius 3 is 2.50 bits per heavy atom. The van der Waals surface area contributed by atoms with Crippen LogP contribution >= 0.6 is 0 Å². The van der Waals surface area contributed by atoms with E-state index in [1.54, 1.807) is 6.92 Å². The number of hydrogen-bond acceptors (Lipinski definition) is 5. The van der Waals surface area contributed by atoms with E-state index in [2.05, 4.69) is 0 Å². The second kappa shape index (κ2) is 3.75. The number of aliphatic hydroxyl groups excluding tert-OH is 2. The topological polar surface area (TPSA) is 68.2 Å². The molecule has 1 unspecified atom stereocenters. The standard InChI is InChI=1S/C9H16O5/c1-4-13-8-5(10)3-6(12-2)7(11)9(8)14-4/h4-11H,3H2,1-2H3/t4?,5-,6+,7+,8+,9-/m1/s1. The number of methoxy groups -OCH3 is 1. The van der Waals surface area contributed by atoms with Crippen molar-refractivity contribution < 1.29 is 24.4 Å². The highest BCUT2D eigenvalue weighted by Gasteiger charge is 2.50. The largest absolute Gasteiger partial charge is 0.390 e. The van der Waals surface area contributed by atoms with Crippen LogP contribution in [0.25, 0.3) is 0 Å². The Morgan fingerprint density at radius 1 is 1.21 bits per heavy atom. The highest BCUT2D eigenvalue weighted by atomic mass is 16.7. The Morgan fingerprint density at radius 2 is 1.86 bits per heavy atom. The summed E-state index contributed by atoms with van der Waals surface area (Å²) in [4.78, 5) is 0. The maximum absolute atomic E-state index is 9.83. The molecule has 1 aliphatic heterocycles. The van der Waals surface area contributed by atoms with Gasteiger partial charge in [0.05, 0.1) is 12.2 Å². The van der Waals surface area contributed by atoms with Crippen LogP contribution in [0.15, 0.2) is 0 Å². The van der Waals surface area contributed by atoms with E-state index in [4.69, 9.17) is 14.2 Å². The normalized spacial score (nSPS) is 53.1. The summed E-state index contributed by atoms with van der Waals surface area (Å²) >= 11 is 0. The fourth-order valence-corrected chi connectivity index (χ4v) is 2.17. The summed E-state index contributed by atoms with van der Waals surface area (Å²) in [5.74, 6) is 0. The Bertz CT molecular complexity index is 209. The second-order valence-corrected chi connectivity index (χ2v) is 3.84. The first-order valence-corrected chi connectivity index (χ1v) is 4.83. The summed E-state index contributed by atoms with van der Waals surface area (Å²) in [6, 6.07) is 0. The molecular formula is C9H16O5. The molecule has 0 bridgehead atoms. The van der Waals surface area contributed by atoms with Crippen molar-refractivity contribution >= 4 is 0 Å². The van der Waals surface area contributed by atoms with Gasteiger partial charge in [-0.1, -0.05) is 0 Å². The van der Waals surface area contributed by atoms with Crippen LogP contribution in [0.4, 0.5) is 0 Å². The first-order valence-electron chi connectivity index (χ1n) is 4.83. The maximum atomic E-state index is 9.83. The van der Waals surface area contributed by atoms with Gasteiger partial charge in [0.25, 0.3) is 0 Å². The smallest absolute Gasteiger partial charge is 0.156 e. The first kappa shape index (κ1) is 10.3. The van der Waals surface area contributed by atoms with Crippen LogP contribution in [0.2, 0.25) is 0 Å². The SMILES string of the molecule is CO[C@H]1C[C@@H](O)[C@@H]2OC(C)O[C@@H]2[C@H]1O. The molecule has 0 radical (unpaired) electrons. The molecular weight excluding hydrogens is 188 g/mol. The molecule has 5 heteroatoms. The van der Waals surface area contributed by atoms with Crippen LogP contribution in [0.1, 0.15) is 13.3 Å². The average molecular weight is 204 g/mol. The van der Waals surface area contributed by atoms with Gasteiger partial charge < -0.3 is 24.4 Å². The molecule has 2 aliphatic rings. The molecule has 0 spiro atoms. The number of aliphatic hydroxyl groups is 2. The Hall–Kier alpha value is -0.200. The number of ether oxygens (including phenoxy) is 3. The van der Waals surface area contributed by atoms with Gasteiger partial charge in [-0.05, 0) is 6.92 Å². The molecule has 0 aromatic heterocycles. The lowest BCUT2D eigenvalue weighted by molar-refractivity contribution is -0.143. The van der Waals surface area contributed by atoms with Crippen molar-refractivity contribution in [3.05, 3.63) is 0 Å². The highest BCUT2D eigenvalue weighted by molar-refractivity contribution is 4.97. The highest BCUT2D eigenvalue weighted by Crippen LogP contribution is 2.33. The third kappa shape index (κ3) is 1.55. The van der Waals surface area contributed by atoms with E-state index in [0.717, 1.165) is 0 Å². The quantitative estimate of drug-likeness (QED) is 0.588. The lowest BCUT2D eigenvalue weighted by Gasteiger charge is -2.36. The van der Waals surface area contributed by atoms with E-state index in [0.29, 0.717) is 6.42 Å². The Labute approximate surface area is 82.6 Å². The van der Waals surface area contributed by atoms with Crippen molar-refractivity contribution in [2.24, 2.45) is 0 Å². The van der Waals surface area contributed by atoms with Gasteiger partial charge in [-0.2, -0.15) is 0 Å². The molecule has 2 fully saturated rings. The molecule has 14 heavy (non-hydrogen) atoms. The van der Waals surface area contributed by atoms with Crippen LogP contribution in [0.5, 0.6) is 0 Å². The molecule has 0 aromatic rings. The van der Waals surface area contributed by atoms with Gasteiger partial charge in [0.1, 0.15) is 18.3 Å². The molecule has 2 rings (SSSR count). The van der Waals surface area contributed by atoms with E-state index in [-0.39, 0.29) is 12.4 Å². The van der Waals surface area contributed by atoms with E-state index >= 15 is 0 Å². The van der Waals surface area contributed by atoms with Gasteiger partial charge >= 0.3 is 0 Å². The van der Waals surface area contributed by atoms with E-state index in [1.165, 1.54) is 7.11 Å². The summed E-state index contributed by atoms with van der Waals surface area (Å²) in [5, 5.41) is 19.6. The van der Waals surface area contributed by atoms with Gasteiger partial charge in [-0.25, -0.2) is 0 Å². The molecule has 1 heterocycles. The molecule has 5 nitrogen and oxygen atoms in total. The molecule has 1 saturated carbocycles. The maximum Gasteiger partial charge on any atom is 0.156 e. The van der Waals surface area contributed by atoms with Crippen molar-refractivity contribution in [1.82, 2.24) is 0 Å². The van der Waals surface area contributed by atoms with E-state index in [1.807, 2.05) is 0 Å². The third-order valence-corrected chi connectivity index (χ3v) is 2.89. The van der Waals surface area contributed by atoms with Gasteiger partial charge in [0, 0.05) is 13.5 Å². The van der Waals surface area contributed by atoms with Crippen LogP contribution in [-0.2, 0) is 14.2 Å². The van der Waals surface area contributed by atoms with Gasteiger partial charge in [-0.3, -0.25) is 0 Å². The monoisotopic (exact) mass is 204 g/mol. The predicted molar refractivity (Wildman–Crippen MR) is 46.6 cm³/mol. The van der Waals surface area contributed by atoms with Crippen LogP contribution in [0, 0.1) is 0 Å². The lowest BCUT2D eigenvalue weighted by atomic mass is 9.87. The summed E-state index contributed by atoms with van der Waals surface area (Å²) in [5.41, 5.74) is 0. The van der Waals surface area contributed by atoms with Gasteiger partial charge in [0.15, 0.2) is 6.29 Å². The van der Waals surface area contributed by atoms with Crippen molar-refractivity contribution in [1.29, 1.82) is 0 Å². The summed E-state index contributed by atoms with van der Waals surface area (Å²) < 4.78 is 15.8. The van der Waals surface area contributed by atoms with Crippen molar-refractivity contribution in [3.8, 4) is 0 Å². The van der Waals surface area contributed by atoms with Gasteiger partial charge in [-0.15, -0.1) is 0 Å². The van der Waals surface area contributed by atoms with Crippen molar-refractivity contribution in [2.45, 2.75) is 50.2 Å². The number of fused-ring (bicyclic) bond motifs is 1. The number of rotatable bonds is 1. The predicted octanol–water partition coefficient (Wildman–Crippen LogP) is -0.743. The van der Waals surface area contributed by atoms with Crippen LogP contribution < -0.4 is 0 Å². The second-order valence-electron chi connectivity index (χ2n) is 3.84. The van der Waals surface area contributed by atoms with E-state index in [9.17, 15) is 10.2 Å². The number of hydrogen-bond donors (Lipinski definition) is 2. The zero-order valence-electron chi connectivity index (χ0n) is 8.29. The van der Waals surface area contributed by atoms with Crippen LogP contribution in [0.3, 0.4) is 0 Å². The minimum Gasteiger partial charge on any atom is -0.390 e. The zero-order valence-corrected chi connectivity index (χ0v) is 8.29. The molecule has 0 amide bonds. The lowest BCUT2D eigenvalue weighted by Crippen LogP contribution is -2.54. The fourth-order valence-electron chi connectivity index (χ4n) is 2.17. The minimum absolute atomic E-state index is 0.370. The van der Waals surface area contributed by atoms with Crippen LogP contribution in [-0.4, -0.2) is 54.1 Å². The molecule has 1 aliphatic carbocycles. The molecule has 82 valence electrons. The first-order chi connectivity index (χ1) is 6.63. The molecule has 0 aromatic carbocycles. The van der Waals surface area contributed by atoms with Crippen molar-refractivity contribution in [3.63, 3.8) is 0 Å². The van der Waals surface area contributed by atoms with E-state index < -0.39 is 24.4 Å². The Kier molecular flexibility index (Phi) is 2.77. The average Bonchev–Trinajstić information content (AvgIpc) is 2.54. The molecule has 2 N–H and O–H groups in total. The minimum atomic E-state index is -0.724. The van der Waals surface area contributed by atoms with Crippen molar-refractivity contribution in [2.75, 3.05) is 7.11 Å². The Balaban J connectivity index is 2.11. The third-order valence-electron chi connectivity index (χ3n) is 2.89. The molecule has 6 atom stereocenters. The summed E-state index contributed by atoms with van der Waals surface area (Å²) in [6.07, 6.45) is -2.61. The molecule has 1 saturated heterocycles. The zero-order chi connectivity index (χ0) is 10.3. The van der Waals surface area contributed by atoms with Gasteiger partial charge in [0.2, 0.25) is 0 Å².